The van der Waals surface area contributed by atoms with E-state index < -0.39 is 0 Å². The van der Waals surface area contributed by atoms with Crippen LogP contribution in [0.25, 0.3) is 0 Å². The van der Waals surface area contributed by atoms with Crippen molar-refractivity contribution in [1.82, 2.24) is 4.98 Å². The lowest BCUT2D eigenvalue weighted by Crippen LogP contribution is -2.10. The van der Waals surface area contributed by atoms with E-state index in [0.29, 0.717) is 16.3 Å². The number of halogens is 1. The smallest absolute Gasteiger partial charge is 0.138 e. The molecule has 0 amide bonds. The van der Waals surface area contributed by atoms with Gasteiger partial charge in [-0.05, 0) is 25.1 Å². The zero-order chi connectivity index (χ0) is 15.4. The van der Waals surface area contributed by atoms with Gasteiger partial charge in [0.25, 0.3) is 0 Å². The molecule has 0 radical (unpaired) electrons. The summed E-state index contributed by atoms with van der Waals surface area (Å²) in [6, 6.07) is 8.63. The van der Waals surface area contributed by atoms with Gasteiger partial charge in [0.1, 0.15) is 23.9 Å². The van der Waals surface area contributed by atoms with E-state index >= 15 is 0 Å². The third-order valence-electron chi connectivity index (χ3n) is 2.83. The van der Waals surface area contributed by atoms with Crippen molar-refractivity contribution in [2.45, 2.75) is 13.5 Å². The third kappa shape index (κ3) is 3.86. The predicted octanol–water partition coefficient (Wildman–Crippen LogP) is 2.92. The van der Waals surface area contributed by atoms with Crippen LogP contribution in [0.3, 0.4) is 0 Å². The van der Waals surface area contributed by atoms with Crippen LogP contribution in [0.4, 0.5) is 0 Å². The Hall–Kier alpha value is -2.27. The Kier molecular flexibility index (Phi) is 4.65. The molecule has 0 saturated heterocycles. The molecule has 1 heterocycles. The molecule has 5 nitrogen and oxygen atoms in total. The molecule has 2 aromatic rings. The number of hydrogen-bond donors (Lipinski definition) is 2. The second kappa shape index (κ2) is 6.45. The number of methoxy groups -OCH3 is 1. The summed E-state index contributed by atoms with van der Waals surface area (Å²) in [4.78, 5) is 4.37. The average Bonchev–Trinajstić information content (AvgIpc) is 2.45. The van der Waals surface area contributed by atoms with Crippen LogP contribution in [0.1, 0.15) is 17.0 Å². The number of nitrogens with zero attached hydrogens (tertiary/aromatic N) is 1. The third-order valence-corrected chi connectivity index (χ3v) is 3.13. The topological polar surface area (TPSA) is 81.2 Å². The van der Waals surface area contributed by atoms with Crippen molar-refractivity contribution < 1.29 is 9.47 Å². The lowest BCUT2D eigenvalue weighted by atomic mass is 10.2. The second-order valence-electron chi connectivity index (χ2n) is 4.49. The first-order valence-corrected chi connectivity index (χ1v) is 6.65. The van der Waals surface area contributed by atoms with Crippen LogP contribution in [0, 0.1) is 12.3 Å². The van der Waals surface area contributed by atoms with Gasteiger partial charge in [-0.2, -0.15) is 0 Å². The maximum Gasteiger partial charge on any atom is 0.138 e. The summed E-state index contributed by atoms with van der Waals surface area (Å²) in [6.07, 6.45) is 0. The fourth-order valence-electron chi connectivity index (χ4n) is 1.83. The Labute approximate surface area is 128 Å². The summed E-state index contributed by atoms with van der Waals surface area (Å²) in [6.45, 7) is 2.16. The van der Waals surface area contributed by atoms with E-state index in [-0.39, 0.29) is 12.4 Å². The van der Waals surface area contributed by atoms with Crippen molar-refractivity contribution in [1.29, 1.82) is 5.41 Å². The van der Waals surface area contributed by atoms with Gasteiger partial charge < -0.3 is 15.2 Å². The Morgan fingerprint density at radius 1 is 1.33 bits per heavy atom. The van der Waals surface area contributed by atoms with Crippen LogP contribution in [0.2, 0.25) is 5.02 Å². The number of nitrogens with one attached hydrogen (secondary N) is 1. The predicted molar refractivity (Wildman–Crippen MR) is 82.3 cm³/mol. The Bertz CT molecular complexity index is 674. The van der Waals surface area contributed by atoms with Gasteiger partial charge in [0.2, 0.25) is 0 Å². The molecular formula is C15H16ClN3O2. The molecule has 1 aromatic carbocycles. The van der Waals surface area contributed by atoms with Gasteiger partial charge in [0, 0.05) is 23.4 Å². The van der Waals surface area contributed by atoms with E-state index in [4.69, 9.17) is 32.2 Å². The molecule has 0 bridgehead atoms. The first kappa shape index (κ1) is 15.1. The van der Waals surface area contributed by atoms with Crippen LogP contribution >= 0.6 is 11.6 Å². The molecule has 0 atom stereocenters. The lowest BCUT2D eigenvalue weighted by Gasteiger charge is -2.10. The highest BCUT2D eigenvalue weighted by Crippen LogP contribution is 2.26. The highest BCUT2D eigenvalue weighted by molar-refractivity contribution is 6.32. The maximum atomic E-state index is 7.36. The van der Waals surface area contributed by atoms with Gasteiger partial charge in [-0.1, -0.05) is 11.6 Å². The second-order valence-corrected chi connectivity index (χ2v) is 4.89. The number of benzene rings is 1. The lowest BCUT2D eigenvalue weighted by molar-refractivity contribution is 0.300. The minimum atomic E-state index is -0.0338. The van der Waals surface area contributed by atoms with Crippen LogP contribution < -0.4 is 15.2 Å². The van der Waals surface area contributed by atoms with Gasteiger partial charge in [-0.25, -0.2) is 0 Å². The molecule has 0 aliphatic heterocycles. The number of rotatable bonds is 5. The summed E-state index contributed by atoms with van der Waals surface area (Å²) in [5.41, 5.74) is 7.57. The fourth-order valence-corrected chi connectivity index (χ4v) is 2.07. The van der Waals surface area contributed by atoms with E-state index in [9.17, 15) is 0 Å². The molecule has 0 fully saturated rings. The summed E-state index contributed by atoms with van der Waals surface area (Å²) < 4.78 is 10.8. The molecule has 21 heavy (non-hydrogen) atoms. The van der Waals surface area contributed by atoms with Crippen molar-refractivity contribution in [2.75, 3.05) is 7.11 Å². The first-order valence-electron chi connectivity index (χ1n) is 6.28. The van der Waals surface area contributed by atoms with Gasteiger partial charge in [0.05, 0.1) is 17.8 Å². The highest BCUT2D eigenvalue weighted by Gasteiger charge is 2.07. The molecule has 0 aliphatic carbocycles. The summed E-state index contributed by atoms with van der Waals surface area (Å²) >= 11 is 6.11. The Balaban J connectivity index is 2.13. The van der Waals surface area contributed by atoms with Crippen molar-refractivity contribution in [3.8, 4) is 11.5 Å². The number of pyridine rings is 1. The molecule has 1 aromatic heterocycles. The van der Waals surface area contributed by atoms with E-state index in [1.54, 1.807) is 25.3 Å². The normalized spacial score (nSPS) is 10.2. The highest BCUT2D eigenvalue weighted by atomic mass is 35.5. The molecular weight excluding hydrogens is 290 g/mol. The zero-order valence-corrected chi connectivity index (χ0v) is 12.6. The molecule has 0 unspecified atom stereocenters. The average molecular weight is 306 g/mol. The number of nitrogens with two attached hydrogens (primary N) is 1. The summed E-state index contributed by atoms with van der Waals surface area (Å²) in [7, 11) is 1.61. The van der Waals surface area contributed by atoms with Crippen molar-refractivity contribution in [2.24, 2.45) is 5.73 Å². The number of nitrogen functional groups attached to an aromatic ring is 1. The van der Waals surface area contributed by atoms with E-state index in [0.717, 1.165) is 17.1 Å². The molecule has 0 spiro atoms. The van der Waals surface area contributed by atoms with Crippen LogP contribution in [0.15, 0.2) is 30.3 Å². The molecule has 6 heteroatoms. The molecule has 0 saturated carbocycles. The quantitative estimate of drug-likeness (QED) is 0.657. The number of ether oxygens (including phenoxy) is 2. The van der Waals surface area contributed by atoms with E-state index in [1.807, 2.05) is 19.1 Å². The van der Waals surface area contributed by atoms with Gasteiger partial charge in [-0.15, -0.1) is 0 Å². The Morgan fingerprint density at radius 3 is 2.71 bits per heavy atom. The maximum absolute atomic E-state index is 7.36. The number of hydrogen-bond acceptors (Lipinski definition) is 4. The summed E-state index contributed by atoms with van der Waals surface area (Å²) in [5, 5.41) is 7.77. The van der Waals surface area contributed by atoms with E-state index in [2.05, 4.69) is 4.98 Å². The molecule has 110 valence electrons. The van der Waals surface area contributed by atoms with Gasteiger partial charge in [0.15, 0.2) is 0 Å². The van der Waals surface area contributed by atoms with Gasteiger partial charge in [-0.3, -0.25) is 10.4 Å². The van der Waals surface area contributed by atoms with Crippen molar-refractivity contribution >= 4 is 17.4 Å². The molecule has 3 N–H and O–H groups in total. The standard InChI is InChI=1S/C15H16ClN3O2/c1-9-5-12(20-2)7-11(19-9)8-21-14-4-3-10(15(17)18)6-13(14)16/h3-7H,8H2,1-2H3,(H3,17,18). The van der Waals surface area contributed by atoms with Crippen LogP contribution in [-0.4, -0.2) is 17.9 Å². The SMILES string of the molecule is COc1cc(C)nc(COc2ccc(C(=N)N)cc2Cl)c1. The van der Waals surface area contributed by atoms with Crippen LogP contribution in [0.5, 0.6) is 11.5 Å². The largest absolute Gasteiger partial charge is 0.497 e. The minimum Gasteiger partial charge on any atom is -0.497 e. The van der Waals surface area contributed by atoms with Crippen molar-refractivity contribution in [3.63, 3.8) is 0 Å². The monoisotopic (exact) mass is 305 g/mol. The molecule has 0 aliphatic rings. The number of amidine groups is 1. The van der Waals surface area contributed by atoms with Crippen LogP contribution in [-0.2, 0) is 6.61 Å². The number of aromatic nitrogens is 1. The first-order chi connectivity index (χ1) is 9.99. The molecule has 2 rings (SSSR count). The fraction of sp³-hybridized carbons (Fsp3) is 0.200. The van der Waals surface area contributed by atoms with E-state index in [1.165, 1.54) is 0 Å². The van der Waals surface area contributed by atoms with Gasteiger partial charge >= 0.3 is 0 Å². The Morgan fingerprint density at radius 2 is 2.10 bits per heavy atom. The minimum absolute atomic E-state index is 0.0338. The van der Waals surface area contributed by atoms with Crippen molar-refractivity contribution in [3.05, 3.63) is 52.3 Å². The number of aryl methyl sites for hydroxylation is 1. The zero-order valence-electron chi connectivity index (χ0n) is 11.8. The summed E-state index contributed by atoms with van der Waals surface area (Å²) in [5.74, 6) is 1.22.